The first-order valence-corrected chi connectivity index (χ1v) is 6.30. The highest BCUT2D eigenvalue weighted by atomic mass is 16.3. The second kappa shape index (κ2) is 4.44. The molecule has 3 rings (SSSR count). The molecule has 18 heavy (non-hydrogen) atoms. The summed E-state index contributed by atoms with van der Waals surface area (Å²) in [4.78, 5) is 8.59. The molecule has 1 aliphatic carbocycles. The number of aliphatic hydroxyl groups is 1. The van der Waals surface area contributed by atoms with Gasteiger partial charge in [0.05, 0.1) is 11.6 Å². The molecule has 2 N–H and O–H groups in total. The van der Waals surface area contributed by atoms with E-state index in [4.69, 9.17) is 0 Å². The second-order valence-corrected chi connectivity index (χ2v) is 4.79. The van der Waals surface area contributed by atoms with Gasteiger partial charge < -0.3 is 10.4 Å². The Balaban J connectivity index is 1.76. The summed E-state index contributed by atoms with van der Waals surface area (Å²) in [5.74, 6) is 1.43. The van der Waals surface area contributed by atoms with Gasteiger partial charge >= 0.3 is 0 Å². The summed E-state index contributed by atoms with van der Waals surface area (Å²) in [6.07, 6.45) is 7.14. The molecule has 0 aromatic carbocycles. The van der Waals surface area contributed by atoms with Crippen LogP contribution in [0.2, 0.25) is 0 Å². The van der Waals surface area contributed by atoms with E-state index >= 15 is 0 Å². The molecule has 0 aromatic heterocycles. The van der Waals surface area contributed by atoms with Crippen molar-refractivity contribution in [2.75, 3.05) is 7.05 Å². The van der Waals surface area contributed by atoms with Gasteiger partial charge in [-0.25, -0.2) is 9.98 Å². The Bertz CT molecular complexity index is 465. The molecule has 3 aliphatic rings. The molecule has 0 spiro atoms. The molecule has 96 valence electrons. The van der Waals surface area contributed by atoms with E-state index in [1.807, 2.05) is 13.3 Å². The lowest BCUT2D eigenvalue weighted by Crippen LogP contribution is -2.42. The third-order valence-electron chi connectivity index (χ3n) is 3.55. The Labute approximate surface area is 106 Å². The number of amidine groups is 1. The summed E-state index contributed by atoms with van der Waals surface area (Å²) in [7, 11) is 1.88. The fraction of sp³-hybridized carbons (Fsp3) is 0.583. The quantitative estimate of drug-likeness (QED) is 0.771. The van der Waals surface area contributed by atoms with Crippen LogP contribution >= 0.6 is 0 Å². The first-order valence-electron chi connectivity index (χ1n) is 6.30. The summed E-state index contributed by atoms with van der Waals surface area (Å²) in [5.41, 5.74) is 0.924. The van der Waals surface area contributed by atoms with Crippen LogP contribution in [0, 0.1) is 5.92 Å². The molecule has 0 aromatic rings. The van der Waals surface area contributed by atoms with Crippen molar-refractivity contribution in [1.82, 2.24) is 10.3 Å². The molecule has 0 fully saturated rings. The van der Waals surface area contributed by atoms with Gasteiger partial charge in [-0.2, -0.15) is 5.10 Å². The molecular formula is C12H17N5O. The van der Waals surface area contributed by atoms with Gasteiger partial charge in [-0.3, -0.25) is 5.01 Å². The highest BCUT2D eigenvalue weighted by Crippen LogP contribution is 2.24. The lowest BCUT2D eigenvalue weighted by molar-refractivity contribution is 0.343. The third kappa shape index (κ3) is 1.87. The fourth-order valence-electron chi connectivity index (χ4n) is 2.51. The van der Waals surface area contributed by atoms with Gasteiger partial charge in [-0.15, -0.1) is 0 Å². The molecule has 6 nitrogen and oxygen atoms in total. The maximum absolute atomic E-state index is 9.88. The lowest BCUT2D eigenvalue weighted by atomic mass is 10.0. The molecule has 2 atom stereocenters. The smallest absolute Gasteiger partial charge is 0.139 e. The predicted molar refractivity (Wildman–Crippen MR) is 70.7 cm³/mol. The SMILES string of the molecule is CN1N=CC2C1=NC=NC2NC1=C(O)CCCC1. The minimum absolute atomic E-state index is 0.0576. The van der Waals surface area contributed by atoms with E-state index in [1.54, 1.807) is 11.3 Å². The number of aliphatic imine (C=N–C) groups is 2. The Hall–Kier alpha value is -1.85. The van der Waals surface area contributed by atoms with E-state index in [-0.39, 0.29) is 12.1 Å². The van der Waals surface area contributed by atoms with Crippen molar-refractivity contribution >= 4 is 18.4 Å². The topological polar surface area (TPSA) is 72.6 Å². The minimum Gasteiger partial charge on any atom is -0.511 e. The third-order valence-corrected chi connectivity index (χ3v) is 3.55. The van der Waals surface area contributed by atoms with Crippen molar-refractivity contribution < 1.29 is 5.11 Å². The Kier molecular flexibility index (Phi) is 2.77. The van der Waals surface area contributed by atoms with E-state index in [9.17, 15) is 5.11 Å². The predicted octanol–water partition coefficient (Wildman–Crippen LogP) is 1.23. The maximum Gasteiger partial charge on any atom is 0.139 e. The number of nitrogens with one attached hydrogen (secondary N) is 1. The molecule has 0 amide bonds. The number of allylic oxidation sites excluding steroid dienone is 2. The zero-order chi connectivity index (χ0) is 12.5. The van der Waals surface area contributed by atoms with E-state index in [2.05, 4.69) is 20.4 Å². The van der Waals surface area contributed by atoms with E-state index in [0.29, 0.717) is 5.76 Å². The van der Waals surface area contributed by atoms with Crippen LogP contribution in [-0.4, -0.2) is 41.7 Å². The van der Waals surface area contributed by atoms with E-state index < -0.39 is 0 Å². The van der Waals surface area contributed by atoms with Crippen molar-refractivity contribution in [1.29, 1.82) is 0 Å². The normalized spacial score (nSPS) is 30.5. The van der Waals surface area contributed by atoms with Gasteiger partial charge in [-0.1, -0.05) is 0 Å². The van der Waals surface area contributed by atoms with Gasteiger partial charge in [0, 0.05) is 19.7 Å². The molecule has 2 heterocycles. The Morgan fingerprint density at radius 1 is 1.39 bits per heavy atom. The first kappa shape index (κ1) is 11.3. The van der Waals surface area contributed by atoms with Gasteiger partial charge in [0.25, 0.3) is 0 Å². The zero-order valence-electron chi connectivity index (χ0n) is 10.4. The van der Waals surface area contributed by atoms with Crippen LogP contribution in [0.15, 0.2) is 26.5 Å². The summed E-state index contributed by atoms with van der Waals surface area (Å²) in [6.45, 7) is 0. The van der Waals surface area contributed by atoms with Gasteiger partial charge in [0.2, 0.25) is 0 Å². The number of aliphatic hydroxyl groups excluding tert-OH is 1. The minimum atomic E-state index is -0.110. The van der Waals surface area contributed by atoms with Crippen LogP contribution in [-0.2, 0) is 0 Å². The van der Waals surface area contributed by atoms with Crippen LogP contribution in [0.25, 0.3) is 0 Å². The van der Waals surface area contributed by atoms with Crippen molar-refractivity contribution in [3.63, 3.8) is 0 Å². The standard InChI is InChI=1S/C12H17N5O/c1-17-12-8(6-15-17)11(13-7-14-12)16-9-4-2-3-5-10(9)18/h6-8,11,16,18H,2-5H2,1H3. The highest BCUT2D eigenvalue weighted by molar-refractivity contribution is 6.05. The summed E-state index contributed by atoms with van der Waals surface area (Å²) in [6, 6.07) is 0. The van der Waals surface area contributed by atoms with Crippen molar-refractivity contribution in [2.24, 2.45) is 21.0 Å². The van der Waals surface area contributed by atoms with E-state index in [1.165, 1.54) is 0 Å². The van der Waals surface area contributed by atoms with Crippen LogP contribution in [0.3, 0.4) is 0 Å². The molecule has 2 aliphatic heterocycles. The fourth-order valence-corrected chi connectivity index (χ4v) is 2.51. The highest BCUT2D eigenvalue weighted by Gasteiger charge is 2.33. The monoisotopic (exact) mass is 247 g/mol. The molecule has 0 saturated carbocycles. The summed E-state index contributed by atoms with van der Waals surface area (Å²) < 4.78 is 0. The average Bonchev–Trinajstić information content (AvgIpc) is 2.76. The summed E-state index contributed by atoms with van der Waals surface area (Å²) >= 11 is 0. The van der Waals surface area contributed by atoms with Crippen molar-refractivity contribution in [3.05, 3.63) is 11.5 Å². The largest absolute Gasteiger partial charge is 0.511 e. The molecular weight excluding hydrogens is 230 g/mol. The Morgan fingerprint density at radius 3 is 3.06 bits per heavy atom. The maximum atomic E-state index is 9.88. The summed E-state index contributed by atoms with van der Waals surface area (Å²) in [5, 5.41) is 19.2. The van der Waals surface area contributed by atoms with E-state index in [0.717, 1.165) is 37.2 Å². The van der Waals surface area contributed by atoms with Crippen LogP contribution in [0.5, 0.6) is 0 Å². The number of hydrazone groups is 1. The Morgan fingerprint density at radius 2 is 2.22 bits per heavy atom. The van der Waals surface area contributed by atoms with Crippen molar-refractivity contribution in [2.45, 2.75) is 31.8 Å². The van der Waals surface area contributed by atoms with Gasteiger partial charge in [0.15, 0.2) is 0 Å². The lowest BCUT2D eigenvalue weighted by Gasteiger charge is -2.27. The number of nitrogens with zero attached hydrogens (tertiary/aromatic N) is 4. The van der Waals surface area contributed by atoms with Gasteiger partial charge in [-0.05, 0) is 19.3 Å². The van der Waals surface area contributed by atoms with Crippen LogP contribution in [0.4, 0.5) is 0 Å². The number of fused-ring (bicyclic) bond motifs is 1. The van der Waals surface area contributed by atoms with Gasteiger partial charge in [0.1, 0.15) is 24.1 Å². The number of hydrogen-bond donors (Lipinski definition) is 2. The molecule has 0 bridgehead atoms. The first-order chi connectivity index (χ1) is 8.75. The van der Waals surface area contributed by atoms with Crippen molar-refractivity contribution in [3.8, 4) is 0 Å². The number of hydrogen-bond acceptors (Lipinski definition) is 6. The zero-order valence-corrected chi connectivity index (χ0v) is 10.4. The van der Waals surface area contributed by atoms with Crippen LogP contribution < -0.4 is 5.32 Å². The van der Waals surface area contributed by atoms with Crippen LogP contribution in [0.1, 0.15) is 25.7 Å². The molecule has 0 radical (unpaired) electrons. The molecule has 2 unspecified atom stereocenters. The molecule has 0 saturated heterocycles. The number of rotatable bonds is 2. The molecule has 6 heteroatoms. The second-order valence-electron chi connectivity index (χ2n) is 4.79. The average molecular weight is 247 g/mol.